The third kappa shape index (κ3) is 4.20. The highest BCUT2D eigenvalue weighted by Gasteiger charge is 2.27. The van der Waals surface area contributed by atoms with Crippen molar-refractivity contribution in [2.24, 2.45) is 0 Å². The van der Waals surface area contributed by atoms with Crippen molar-refractivity contribution in [1.29, 1.82) is 0 Å². The van der Waals surface area contributed by atoms with Crippen molar-refractivity contribution in [3.63, 3.8) is 0 Å². The molecule has 0 aliphatic carbocycles. The van der Waals surface area contributed by atoms with Crippen LogP contribution in [-0.4, -0.2) is 52.9 Å². The number of para-hydroxylation sites is 1. The van der Waals surface area contributed by atoms with Gasteiger partial charge in [-0.15, -0.1) is 0 Å². The average Bonchev–Trinajstić information content (AvgIpc) is 3.18. The Balaban J connectivity index is 1.35. The summed E-state index contributed by atoms with van der Waals surface area (Å²) in [4.78, 5) is 32.1. The van der Waals surface area contributed by atoms with E-state index in [9.17, 15) is 14.9 Å². The molecule has 2 aromatic carbocycles. The van der Waals surface area contributed by atoms with E-state index in [2.05, 4.69) is 21.2 Å². The van der Waals surface area contributed by atoms with E-state index in [4.69, 9.17) is 4.98 Å². The lowest BCUT2D eigenvalue weighted by Crippen LogP contribution is -2.52. The van der Waals surface area contributed by atoms with Crippen LogP contribution in [0, 0.1) is 10.1 Å². The van der Waals surface area contributed by atoms with E-state index >= 15 is 0 Å². The molecule has 1 aromatic heterocycles. The van der Waals surface area contributed by atoms with Crippen LogP contribution in [0.5, 0.6) is 0 Å². The fourth-order valence-electron chi connectivity index (χ4n) is 3.41. The first-order chi connectivity index (χ1) is 14.0. The second-order valence-corrected chi connectivity index (χ2v) is 7.97. The highest BCUT2D eigenvalue weighted by atomic mass is 32.1. The van der Waals surface area contributed by atoms with Gasteiger partial charge in [-0.1, -0.05) is 29.5 Å². The van der Waals surface area contributed by atoms with Crippen LogP contribution in [0.2, 0.25) is 0 Å². The molecule has 8 nitrogen and oxygen atoms in total. The minimum absolute atomic E-state index is 0.0418. The number of nitrogens with zero attached hydrogens (tertiary/aromatic N) is 4. The number of piperazine rings is 1. The molecule has 1 atom stereocenters. The number of hydrogen-bond acceptors (Lipinski definition) is 7. The summed E-state index contributed by atoms with van der Waals surface area (Å²) >= 11 is 1.69. The van der Waals surface area contributed by atoms with Crippen molar-refractivity contribution in [2.75, 3.05) is 36.4 Å². The molecule has 1 unspecified atom stereocenters. The topological polar surface area (TPSA) is 91.6 Å². The Morgan fingerprint density at radius 3 is 2.66 bits per heavy atom. The number of thiazole rings is 1. The maximum Gasteiger partial charge on any atom is 0.271 e. The van der Waals surface area contributed by atoms with E-state index in [1.54, 1.807) is 23.5 Å². The highest BCUT2D eigenvalue weighted by molar-refractivity contribution is 7.22. The largest absolute Gasteiger partial charge is 0.345 e. The predicted octanol–water partition coefficient (Wildman–Crippen LogP) is 3.35. The SMILES string of the molecule is CC(C(=O)Nc1cccc([N+](=O)[O-])c1)N1CCN(c2nc3ccccc3s2)CC1. The number of fused-ring (bicyclic) bond motifs is 1. The fourth-order valence-corrected chi connectivity index (χ4v) is 4.42. The molecule has 29 heavy (non-hydrogen) atoms. The Hall–Kier alpha value is -3.04. The monoisotopic (exact) mass is 411 g/mol. The van der Waals surface area contributed by atoms with Gasteiger partial charge in [-0.05, 0) is 25.1 Å². The van der Waals surface area contributed by atoms with Crippen molar-refractivity contribution in [3.8, 4) is 0 Å². The number of nitro benzene ring substituents is 1. The second kappa shape index (κ2) is 8.14. The number of nitrogens with one attached hydrogen (secondary N) is 1. The van der Waals surface area contributed by atoms with E-state index in [0.717, 1.165) is 36.8 Å². The molecule has 1 N–H and O–H groups in total. The van der Waals surface area contributed by atoms with E-state index in [1.165, 1.54) is 16.8 Å². The Morgan fingerprint density at radius 2 is 1.93 bits per heavy atom. The van der Waals surface area contributed by atoms with Gasteiger partial charge in [0.05, 0.1) is 21.2 Å². The van der Waals surface area contributed by atoms with Crippen LogP contribution in [0.4, 0.5) is 16.5 Å². The maximum atomic E-state index is 12.6. The Kier molecular flexibility index (Phi) is 5.41. The van der Waals surface area contributed by atoms with Crippen LogP contribution in [0.15, 0.2) is 48.5 Å². The molecule has 150 valence electrons. The lowest BCUT2D eigenvalue weighted by Gasteiger charge is -2.37. The first kappa shape index (κ1) is 19.3. The van der Waals surface area contributed by atoms with Crippen LogP contribution < -0.4 is 10.2 Å². The zero-order valence-electron chi connectivity index (χ0n) is 15.9. The molecule has 1 aliphatic rings. The highest BCUT2D eigenvalue weighted by Crippen LogP contribution is 2.29. The maximum absolute atomic E-state index is 12.6. The third-order valence-electron chi connectivity index (χ3n) is 5.12. The van der Waals surface area contributed by atoms with Crippen molar-refractivity contribution in [2.45, 2.75) is 13.0 Å². The number of carbonyl (C=O) groups excluding carboxylic acids is 1. The zero-order chi connectivity index (χ0) is 20.4. The summed E-state index contributed by atoms with van der Waals surface area (Å²) in [6.45, 7) is 4.96. The van der Waals surface area contributed by atoms with Crippen LogP contribution >= 0.6 is 11.3 Å². The van der Waals surface area contributed by atoms with Gasteiger partial charge in [0.1, 0.15) is 0 Å². The first-order valence-electron chi connectivity index (χ1n) is 9.41. The molecule has 4 rings (SSSR count). The van der Waals surface area contributed by atoms with Gasteiger partial charge in [0, 0.05) is 44.0 Å². The number of rotatable bonds is 5. The van der Waals surface area contributed by atoms with Crippen LogP contribution in [-0.2, 0) is 4.79 Å². The molecule has 1 amide bonds. The van der Waals surface area contributed by atoms with Crippen molar-refractivity contribution in [1.82, 2.24) is 9.88 Å². The van der Waals surface area contributed by atoms with Crippen molar-refractivity contribution in [3.05, 3.63) is 58.6 Å². The zero-order valence-corrected chi connectivity index (χ0v) is 16.8. The fraction of sp³-hybridized carbons (Fsp3) is 0.300. The quantitative estimate of drug-likeness (QED) is 0.511. The predicted molar refractivity (Wildman–Crippen MR) is 115 cm³/mol. The van der Waals surface area contributed by atoms with Crippen LogP contribution in [0.3, 0.4) is 0 Å². The van der Waals surface area contributed by atoms with Gasteiger partial charge in [-0.3, -0.25) is 19.8 Å². The molecule has 1 saturated heterocycles. The van der Waals surface area contributed by atoms with Crippen molar-refractivity contribution < 1.29 is 9.72 Å². The number of amides is 1. The van der Waals surface area contributed by atoms with E-state index in [0.29, 0.717) is 5.69 Å². The summed E-state index contributed by atoms with van der Waals surface area (Å²) in [6, 6.07) is 13.8. The Labute approximate surface area is 171 Å². The minimum atomic E-state index is -0.472. The van der Waals surface area contributed by atoms with Gasteiger partial charge < -0.3 is 10.2 Å². The molecule has 1 fully saturated rings. The molecule has 2 heterocycles. The molecule has 1 aliphatic heterocycles. The lowest BCUT2D eigenvalue weighted by molar-refractivity contribution is -0.384. The third-order valence-corrected chi connectivity index (χ3v) is 6.22. The molecule has 9 heteroatoms. The number of hydrogen-bond donors (Lipinski definition) is 1. The lowest BCUT2D eigenvalue weighted by atomic mass is 10.2. The van der Waals surface area contributed by atoms with E-state index in [-0.39, 0.29) is 17.6 Å². The van der Waals surface area contributed by atoms with Crippen LogP contribution in [0.1, 0.15) is 6.92 Å². The molecule has 3 aromatic rings. The molecule has 0 radical (unpaired) electrons. The summed E-state index contributed by atoms with van der Waals surface area (Å²) in [6.07, 6.45) is 0. The average molecular weight is 411 g/mol. The Morgan fingerprint density at radius 1 is 1.17 bits per heavy atom. The summed E-state index contributed by atoms with van der Waals surface area (Å²) < 4.78 is 1.18. The summed E-state index contributed by atoms with van der Waals surface area (Å²) in [5.74, 6) is -0.168. The Bertz CT molecular complexity index is 1010. The molecule has 0 saturated carbocycles. The smallest absolute Gasteiger partial charge is 0.271 e. The normalized spacial score (nSPS) is 16.0. The van der Waals surface area contributed by atoms with Gasteiger partial charge in [-0.25, -0.2) is 4.98 Å². The van der Waals surface area contributed by atoms with Gasteiger partial charge in [0.25, 0.3) is 5.69 Å². The minimum Gasteiger partial charge on any atom is -0.345 e. The second-order valence-electron chi connectivity index (χ2n) is 6.96. The van der Waals surface area contributed by atoms with E-state index in [1.807, 2.05) is 25.1 Å². The number of nitro groups is 1. The standard InChI is InChI=1S/C20H21N5O3S/c1-14(19(26)21-15-5-4-6-16(13-15)25(27)28)23-9-11-24(12-10-23)20-22-17-7-2-3-8-18(17)29-20/h2-8,13-14H,9-12H2,1H3,(H,21,26). The number of anilines is 2. The van der Waals surface area contributed by atoms with Gasteiger partial charge >= 0.3 is 0 Å². The number of non-ortho nitro benzene ring substituents is 1. The molecular formula is C20H21N5O3S. The number of benzene rings is 2. The summed E-state index contributed by atoms with van der Waals surface area (Å²) in [5, 5.41) is 14.7. The number of aromatic nitrogens is 1. The molecular weight excluding hydrogens is 390 g/mol. The summed E-state index contributed by atoms with van der Waals surface area (Å²) in [5.41, 5.74) is 1.41. The summed E-state index contributed by atoms with van der Waals surface area (Å²) in [7, 11) is 0. The van der Waals surface area contributed by atoms with E-state index < -0.39 is 4.92 Å². The van der Waals surface area contributed by atoms with Crippen molar-refractivity contribution >= 4 is 44.0 Å². The molecule has 0 spiro atoms. The number of carbonyl (C=O) groups is 1. The van der Waals surface area contributed by atoms with Gasteiger partial charge in [-0.2, -0.15) is 0 Å². The first-order valence-corrected chi connectivity index (χ1v) is 10.2. The molecule has 0 bridgehead atoms. The van der Waals surface area contributed by atoms with Crippen LogP contribution in [0.25, 0.3) is 10.2 Å². The van der Waals surface area contributed by atoms with Gasteiger partial charge in [0.2, 0.25) is 5.91 Å². The van der Waals surface area contributed by atoms with Gasteiger partial charge in [0.15, 0.2) is 5.13 Å².